The standard InChI is InChI=1S/C15H22O2/c1-3-8-13(2)15(16)17-12-7-11-14-9-5-4-6-10-14/h4-6,9-10,13H,3,7-8,11-12H2,1-2H3/t13-/m1/s1. The lowest BCUT2D eigenvalue weighted by Gasteiger charge is -2.10. The Labute approximate surface area is 104 Å². The van der Waals surface area contributed by atoms with Crippen molar-refractivity contribution in [3.63, 3.8) is 0 Å². The Kier molecular flexibility index (Phi) is 6.38. The van der Waals surface area contributed by atoms with Gasteiger partial charge in [0.15, 0.2) is 0 Å². The fraction of sp³-hybridized carbons (Fsp3) is 0.533. The van der Waals surface area contributed by atoms with E-state index in [1.807, 2.05) is 25.1 Å². The minimum Gasteiger partial charge on any atom is -0.465 e. The molecule has 0 aromatic heterocycles. The van der Waals surface area contributed by atoms with E-state index in [2.05, 4.69) is 19.1 Å². The van der Waals surface area contributed by atoms with Gasteiger partial charge in [0.05, 0.1) is 12.5 Å². The maximum atomic E-state index is 11.5. The lowest BCUT2D eigenvalue weighted by molar-refractivity contribution is -0.148. The number of rotatable bonds is 7. The first kappa shape index (κ1) is 13.8. The van der Waals surface area contributed by atoms with Crippen LogP contribution in [0.4, 0.5) is 0 Å². The van der Waals surface area contributed by atoms with Gasteiger partial charge in [-0.2, -0.15) is 0 Å². The largest absolute Gasteiger partial charge is 0.465 e. The highest BCUT2D eigenvalue weighted by Gasteiger charge is 2.12. The summed E-state index contributed by atoms with van der Waals surface area (Å²) < 4.78 is 5.24. The first-order chi connectivity index (χ1) is 8.24. The number of esters is 1. The monoisotopic (exact) mass is 234 g/mol. The molecule has 0 unspecified atom stereocenters. The number of carbonyl (C=O) groups excluding carboxylic acids is 1. The van der Waals surface area contributed by atoms with E-state index in [9.17, 15) is 4.79 Å². The molecule has 0 aliphatic carbocycles. The Morgan fingerprint density at radius 2 is 2.00 bits per heavy atom. The number of aryl methyl sites for hydroxylation is 1. The molecule has 0 saturated heterocycles. The third kappa shape index (κ3) is 5.53. The number of hydrogen-bond donors (Lipinski definition) is 0. The van der Waals surface area contributed by atoms with E-state index in [1.165, 1.54) is 5.56 Å². The molecule has 1 atom stereocenters. The Bertz CT molecular complexity index is 319. The molecule has 0 saturated carbocycles. The number of carbonyl (C=O) groups is 1. The number of ether oxygens (including phenoxy) is 1. The maximum Gasteiger partial charge on any atom is 0.308 e. The second-order valence-corrected chi connectivity index (χ2v) is 4.45. The van der Waals surface area contributed by atoms with Crippen molar-refractivity contribution in [2.45, 2.75) is 39.5 Å². The fourth-order valence-corrected chi connectivity index (χ4v) is 1.79. The summed E-state index contributed by atoms with van der Waals surface area (Å²) in [6, 6.07) is 10.3. The normalized spacial score (nSPS) is 12.1. The minimum absolute atomic E-state index is 0.0386. The van der Waals surface area contributed by atoms with Crippen LogP contribution in [-0.2, 0) is 16.0 Å². The molecule has 0 aliphatic rings. The molecular weight excluding hydrogens is 212 g/mol. The SMILES string of the molecule is CCC[C@@H](C)C(=O)OCCCc1ccccc1. The van der Waals surface area contributed by atoms with Crippen molar-refractivity contribution in [2.24, 2.45) is 5.92 Å². The molecule has 2 heteroatoms. The van der Waals surface area contributed by atoms with Gasteiger partial charge in [-0.05, 0) is 24.8 Å². The van der Waals surface area contributed by atoms with Gasteiger partial charge in [-0.3, -0.25) is 4.79 Å². The first-order valence-corrected chi connectivity index (χ1v) is 6.44. The summed E-state index contributed by atoms with van der Waals surface area (Å²) >= 11 is 0. The first-order valence-electron chi connectivity index (χ1n) is 6.44. The van der Waals surface area contributed by atoms with Crippen molar-refractivity contribution < 1.29 is 9.53 Å². The van der Waals surface area contributed by atoms with E-state index in [-0.39, 0.29) is 11.9 Å². The number of benzene rings is 1. The van der Waals surface area contributed by atoms with Gasteiger partial charge in [-0.25, -0.2) is 0 Å². The highest BCUT2D eigenvalue weighted by molar-refractivity contribution is 5.71. The smallest absolute Gasteiger partial charge is 0.308 e. The van der Waals surface area contributed by atoms with Crippen LogP contribution in [0, 0.1) is 5.92 Å². The minimum atomic E-state index is -0.0556. The van der Waals surface area contributed by atoms with Crippen molar-refractivity contribution in [1.82, 2.24) is 0 Å². The van der Waals surface area contributed by atoms with Crippen molar-refractivity contribution in [1.29, 1.82) is 0 Å². The summed E-state index contributed by atoms with van der Waals surface area (Å²) in [7, 11) is 0. The third-order valence-electron chi connectivity index (χ3n) is 2.82. The number of hydrogen-bond acceptors (Lipinski definition) is 2. The van der Waals surface area contributed by atoms with Crippen molar-refractivity contribution in [3.8, 4) is 0 Å². The summed E-state index contributed by atoms with van der Waals surface area (Å²) in [4.78, 5) is 11.5. The molecule has 1 rings (SSSR count). The zero-order valence-electron chi connectivity index (χ0n) is 10.8. The molecule has 17 heavy (non-hydrogen) atoms. The van der Waals surface area contributed by atoms with Gasteiger partial charge < -0.3 is 4.74 Å². The van der Waals surface area contributed by atoms with E-state index in [1.54, 1.807) is 0 Å². The predicted molar refractivity (Wildman–Crippen MR) is 69.8 cm³/mol. The molecule has 0 bridgehead atoms. The van der Waals surface area contributed by atoms with E-state index < -0.39 is 0 Å². The Hall–Kier alpha value is -1.31. The Morgan fingerprint density at radius 3 is 2.65 bits per heavy atom. The molecule has 0 heterocycles. The Balaban J connectivity index is 2.14. The Morgan fingerprint density at radius 1 is 1.29 bits per heavy atom. The van der Waals surface area contributed by atoms with Crippen molar-refractivity contribution in [3.05, 3.63) is 35.9 Å². The summed E-state index contributed by atoms with van der Waals surface area (Å²) in [5.41, 5.74) is 1.30. The molecule has 1 aromatic carbocycles. The maximum absolute atomic E-state index is 11.5. The molecule has 0 aliphatic heterocycles. The quantitative estimate of drug-likeness (QED) is 0.532. The molecule has 0 amide bonds. The summed E-state index contributed by atoms with van der Waals surface area (Å²) in [6.07, 6.45) is 3.81. The molecular formula is C15H22O2. The van der Waals surface area contributed by atoms with Crippen molar-refractivity contribution in [2.75, 3.05) is 6.61 Å². The zero-order chi connectivity index (χ0) is 12.5. The highest BCUT2D eigenvalue weighted by atomic mass is 16.5. The van der Waals surface area contributed by atoms with Gasteiger partial charge in [0.1, 0.15) is 0 Å². The summed E-state index contributed by atoms with van der Waals surface area (Å²) in [5.74, 6) is -0.0170. The van der Waals surface area contributed by atoms with Gasteiger partial charge in [-0.15, -0.1) is 0 Å². The van der Waals surface area contributed by atoms with Gasteiger partial charge in [0.25, 0.3) is 0 Å². The summed E-state index contributed by atoms with van der Waals surface area (Å²) in [5, 5.41) is 0. The fourth-order valence-electron chi connectivity index (χ4n) is 1.79. The second kappa shape index (κ2) is 7.88. The van der Waals surface area contributed by atoms with Crippen LogP contribution < -0.4 is 0 Å². The molecule has 94 valence electrons. The highest BCUT2D eigenvalue weighted by Crippen LogP contribution is 2.08. The van der Waals surface area contributed by atoms with E-state index in [0.29, 0.717) is 6.61 Å². The molecule has 0 N–H and O–H groups in total. The van der Waals surface area contributed by atoms with Gasteiger partial charge in [-0.1, -0.05) is 50.6 Å². The lowest BCUT2D eigenvalue weighted by Crippen LogP contribution is -2.15. The van der Waals surface area contributed by atoms with Crippen molar-refractivity contribution >= 4 is 5.97 Å². The molecule has 1 aromatic rings. The van der Waals surface area contributed by atoms with Crippen LogP contribution in [-0.4, -0.2) is 12.6 Å². The van der Waals surface area contributed by atoms with Crippen LogP contribution in [0.15, 0.2) is 30.3 Å². The van der Waals surface area contributed by atoms with Gasteiger partial charge in [0.2, 0.25) is 0 Å². The lowest BCUT2D eigenvalue weighted by atomic mass is 10.1. The topological polar surface area (TPSA) is 26.3 Å². The third-order valence-corrected chi connectivity index (χ3v) is 2.82. The molecule has 0 spiro atoms. The zero-order valence-corrected chi connectivity index (χ0v) is 10.8. The molecule has 0 fully saturated rings. The van der Waals surface area contributed by atoms with E-state index >= 15 is 0 Å². The van der Waals surface area contributed by atoms with Crippen LogP contribution in [0.2, 0.25) is 0 Å². The van der Waals surface area contributed by atoms with E-state index in [0.717, 1.165) is 25.7 Å². The van der Waals surface area contributed by atoms with Crippen LogP contribution in [0.25, 0.3) is 0 Å². The predicted octanol–water partition coefficient (Wildman–Crippen LogP) is 3.60. The summed E-state index contributed by atoms with van der Waals surface area (Å²) in [6.45, 7) is 4.55. The molecule has 0 radical (unpaired) electrons. The van der Waals surface area contributed by atoms with Crippen LogP contribution >= 0.6 is 0 Å². The average molecular weight is 234 g/mol. The second-order valence-electron chi connectivity index (χ2n) is 4.45. The van der Waals surface area contributed by atoms with Gasteiger partial charge >= 0.3 is 5.97 Å². The van der Waals surface area contributed by atoms with Crippen LogP contribution in [0.1, 0.15) is 38.7 Å². The molecule has 2 nitrogen and oxygen atoms in total. The van der Waals surface area contributed by atoms with Crippen LogP contribution in [0.5, 0.6) is 0 Å². The average Bonchev–Trinajstić information content (AvgIpc) is 2.36. The van der Waals surface area contributed by atoms with Crippen LogP contribution in [0.3, 0.4) is 0 Å². The van der Waals surface area contributed by atoms with Gasteiger partial charge in [0, 0.05) is 0 Å². The van der Waals surface area contributed by atoms with E-state index in [4.69, 9.17) is 4.74 Å².